The van der Waals surface area contributed by atoms with Gasteiger partial charge in [-0.1, -0.05) is 43.7 Å². The first-order valence-electron chi connectivity index (χ1n) is 10.2. The SMILES string of the molecule is C=C1CC[C@H](O)C/C1=C/C=C1\CCC[C@@]2(C)C1CC[C@@H]2[C@H](C)C(=O)OC. The fourth-order valence-electron chi connectivity index (χ4n) is 5.85. The Morgan fingerprint density at radius 2 is 2.08 bits per heavy atom. The molecule has 3 aliphatic carbocycles. The van der Waals surface area contributed by atoms with Crippen molar-refractivity contribution in [2.45, 2.75) is 71.3 Å². The Hall–Kier alpha value is -1.35. The van der Waals surface area contributed by atoms with Crippen LogP contribution in [0.25, 0.3) is 0 Å². The maximum atomic E-state index is 12.1. The number of rotatable bonds is 3. The normalized spacial score (nSPS) is 39.1. The lowest BCUT2D eigenvalue weighted by Crippen LogP contribution is -2.38. The number of fused-ring (bicyclic) bond motifs is 1. The van der Waals surface area contributed by atoms with Gasteiger partial charge in [0, 0.05) is 0 Å². The van der Waals surface area contributed by atoms with Crippen molar-refractivity contribution in [2.24, 2.45) is 23.2 Å². The summed E-state index contributed by atoms with van der Waals surface area (Å²) >= 11 is 0. The number of aliphatic hydroxyl groups is 1. The molecule has 0 aromatic rings. The van der Waals surface area contributed by atoms with Crippen LogP contribution in [0.4, 0.5) is 0 Å². The van der Waals surface area contributed by atoms with E-state index in [1.165, 1.54) is 43.1 Å². The zero-order chi connectivity index (χ0) is 18.9. The van der Waals surface area contributed by atoms with Crippen molar-refractivity contribution in [3.8, 4) is 0 Å². The molecule has 3 rings (SSSR count). The van der Waals surface area contributed by atoms with Gasteiger partial charge >= 0.3 is 5.97 Å². The Morgan fingerprint density at radius 3 is 2.81 bits per heavy atom. The monoisotopic (exact) mass is 358 g/mol. The Balaban J connectivity index is 1.81. The standard InChI is InChI=1S/C23H34O3/c1-15-7-10-19(24)14-18(15)9-8-17-6-5-13-23(3)20(11-12-21(17)23)16(2)22(25)26-4/h8-9,16,19-21,24H,1,5-7,10-14H2,2-4H3/b17-8+,18-9-/t16-,19-,20+,21?,23+/m0/s1. The summed E-state index contributed by atoms with van der Waals surface area (Å²) < 4.78 is 5.03. The molecular formula is C23H34O3. The maximum absolute atomic E-state index is 12.1. The smallest absolute Gasteiger partial charge is 0.308 e. The predicted molar refractivity (Wildman–Crippen MR) is 105 cm³/mol. The average molecular weight is 359 g/mol. The topological polar surface area (TPSA) is 46.5 Å². The van der Waals surface area contributed by atoms with E-state index < -0.39 is 0 Å². The molecule has 0 aliphatic heterocycles. The van der Waals surface area contributed by atoms with Crippen molar-refractivity contribution in [1.29, 1.82) is 0 Å². The minimum Gasteiger partial charge on any atom is -0.469 e. The summed E-state index contributed by atoms with van der Waals surface area (Å²) in [5, 5.41) is 9.95. The van der Waals surface area contributed by atoms with Crippen LogP contribution in [0.1, 0.15) is 65.2 Å². The highest BCUT2D eigenvalue weighted by atomic mass is 16.5. The van der Waals surface area contributed by atoms with E-state index in [0.29, 0.717) is 11.8 Å². The van der Waals surface area contributed by atoms with Crippen LogP contribution in [0.15, 0.2) is 35.5 Å². The van der Waals surface area contributed by atoms with Gasteiger partial charge in [-0.3, -0.25) is 4.79 Å². The van der Waals surface area contributed by atoms with E-state index in [1.54, 1.807) is 0 Å². The van der Waals surface area contributed by atoms with Crippen molar-refractivity contribution in [3.05, 3.63) is 35.5 Å². The zero-order valence-electron chi connectivity index (χ0n) is 16.6. The first kappa shape index (κ1) is 19.4. The number of carbonyl (C=O) groups excluding carboxylic acids is 1. The molecule has 3 heteroatoms. The van der Waals surface area contributed by atoms with Crippen LogP contribution in [0, 0.1) is 23.2 Å². The van der Waals surface area contributed by atoms with Gasteiger partial charge in [-0.05, 0) is 74.2 Å². The molecule has 3 saturated carbocycles. The molecule has 144 valence electrons. The fraction of sp³-hybridized carbons (Fsp3) is 0.696. The summed E-state index contributed by atoms with van der Waals surface area (Å²) in [6.07, 6.45) is 12.6. The van der Waals surface area contributed by atoms with Gasteiger partial charge in [-0.2, -0.15) is 0 Å². The molecule has 0 saturated heterocycles. The second-order valence-corrected chi connectivity index (χ2v) is 8.84. The largest absolute Gasteiger partial charge is 0.469 e. The molecular weight excluding hydrogens is 324 g/mol. The van der Waals surface area contributed by atoms with Crippen molar-refractivity contribution >= 4 is 5.97 Å². The van der Waals surface area contributed by atoms with E-state index in [0.717, 1.165) is 32.1 Å². The van der Waals surface area contributed by atoms with Crippen LogP contribution >= 0.6 is 0 Å². The summed E-state index contributed by atoms with van der Waals surface area (Å²) in [7, 11) is 1.50. The minimum atomic E-state index is -0.224. The van der Waals surface area contributed by atoms with Crippen LogP contribution < -0.4 is 0 Å². The van der Waals surface area contributed by atoms with E-state index in [4.69, 9.17) is 4.74 Å². The number of carbonyl (C=O) groups is 1. The number of esters is 1. The number of methoxy groups -OCH3 is 1. The summed E-state index contributed by atoms with van der Waals surface area (Å²) in [6, 6.07) is 0. The van der Waals surface area contributed by atoms with Gasteiger partial charge in [-0.15, -0.1) is 0 Å². The van der Waals surface area contributed by atoms with Crippen LogP contribution in [0.2, 0.25) is 0 Å². The van der Waals surface area contributed by atoms with Gasteiger partial charge in [0.1, 0.15) is 0 Å². The highest BCUT2D eigenvalue weighted by molar-refractivity contribution is 5.72. The third kappa shape index (κ3) is 3.55. The zero-order valence-corrected chi connectivity index (χ0v) is 16.6. The van der Waals surface area contributed by atoms with Crippen LogP contribution in [-0.4, -0.2) is 24.3 Å². The lowest BCUT2D eigenvalue weighted by Gasteiger charge is -2.43. The lowest BCUT2D eigenvalue weighted by molar-refractivity contribution is -0.148. The molecule has 1 N–H and O–H groups in total. The quantitative estimate of drug-likeness (QED) is 0.725. The van der Waals surface area contributed by atoms with E-state index in [9.17, 15) is 9.90 Å². The highest BCUT2D eigenvalue weighted by Gasteiger charge is 2.52. The molecule has 26 heavy (non-hydrogen) atoms. The third-order valence-electron chi connectivity index (χ3n) is 7.40. The molecule has 3 nitrogen and oxygen atoms in total. The molecule has 5 atom stereocenters. The molecule has 0 aromatic carbocycles. The summed E-state index contributed by atoms with van der Waals surface area (Å²) in [6.45, 7) is 8.60. The second-order valence-electron chi connectivity index (χ2n) is 8.84. The van der Waals surface area contributed by atoms with Crippen molar-refractivity contribution < 1.29 is 14.6 Å². The summed E-state index contributed by atoms with van der Waals surface area (Å²) in [5.41, 5.74) is 4.10. The molecule has 0 aromatic heterocycles. The molecule has 3 fully saturated rings. The van der Waals surface area contributed by atoms with Crippen molar-refractivity contribution in [1.82, 2.24) is 0 Å². The Morgan fingerprint density at radius 1 is 1.31 bits per heavy atom. The van der Waals surface area contributed by atoms with Gasteiger partial charge in [0.25, 0.3) is 0 Å². The molecule has 3 aliphatic rings. The number of hydrogen-bond acceptors (Lipinski definition) is 3. The predicted octanol–water partition coefficient (Wildman–Crippen LogP) is 4.97. The van der Waals surface area contributed by atoms with Crippen LogP contribution in [-0.2, 0) is 9.53 Å². The summed E-state index contributed by atoms with van der Waals surface area (Å²) in [5.74, 6) is 0.873. The van der Waals surface area contributed by atoms with Gasteiger partial charge in [0.15, 0.2) is 0 Å². The third-order valence-corrected chi connectivity index (χ3v) is 7.40. The highest BCUT2D eigenvalue weighted by Crippen LogP contribution is 2.59. The summed E-state index contributed by atoms with van der Waals surface area (Å²) in [4.78, 5) is 12.1. The number of ether oxygens (including phenoxy) is 1. The molecule has 0 bridgehead atoms. The number of hydrogen-bond donors (Lipinski definition) is 1. The van der Waals surface area contributed by atoms with Gasteiger partial charge < -0.3 is 9.84 Å². The van der Waals surface area contributed by atoms with E-state index in [1.807, 2.05) is 6.92 Å². The van der Waals surface area contributed by atoms with Crippen LogP contribution in [0.3, 0.4) is 0 Å². The Labute approximate surface area is 158 Å². The maximum Gasteiger partial charge on any atom is 0.308 e. The van der Waals surface area contributed by atoms with E-state index in [2.05, 4.69) is 25.7 Å². The Bertz CT molecular complexity index is 629. The number of allylic oxidation sites excluding steroid dienone is 4. The molecule has 0 heterocycles. The van der Waals surface area contributed by atoms with E-state index >= 15 is 0 Å². The molecule has 0 amide bonds. The van der Waals surface area contributed by atoms with Crippen molar-refractivity contribution in [2.75, 3.05) is 7.11 Å². The van der Waals surface area contributed by atoms with Gasteiger partial charge in [-0.25, -0.2) is 0 Å². The van der Waals surface area contributed by atoms with Crippen molar-refractivity contribution in [3.63, 3.8) is 0 Å². The van der Waals surface area contributed by atoms with Gasteiger partial charge in [0.05, 0.1) is 19.1 Å². The average Bonchev–Trinajstić information content (AvgIpc) is 2.98. The minimum absolute atomic E-state index is 0.0269. The number of aliphatic hydroxyl groups excluding tert-OH is 1. The fourth-order valence-corrected chi connectivity index (χ4v) is 5.85. The second kappa shape index (κ2) is 7.72. The first-order valence-corrected chi connectivity index (χ1v) is 10.2. The molecule has 1 unspecified atom stereocenters. The van der Waals surface area contributed by atoms with Crippen LogP contribution in [0.5, 0.6) is 0 Å². The molecule has 0 radical (unpaired) electrons. The Kier molecular flexibility index (Phi) is 5.76. The first-order chi connectivity index (χ1) is 12.4. The van der Waals surface area contributed by atoms with Gasteiger partial charge in [0.2, 0.25) is 0 Å². The molecule has 0 spiro atoms. The van der Waals surface area contributed by atoms with E-state index in [-0.39, 0.29) is 23.4 Å². The lowest BCUT2D eigenvalue weighted by atomic mass is 9.61.